The maximum Gasteiger partial charge on any atom is 0.115 e. The summed E-state index contributed by atoms with van der Waals surface area (Å²) in [4.78, 5) is 7.48. The smallest absolute Gasteiger partial charge is 0.115 e. The first-order chi connectivity index (χ1) is 5.40. The van der Waals surface area contributed by atoms with E-state index in [0.717, 1.165) is 11.7 Å². The first-order valence-corrected chi connectivity index (χ1v) is 4.68. The van der Waals surface area contributed by atoms with Crippen molar-refractivity contribution in [2.45, 2.75) is 30.9 Å². The summed E-state index contributed by atoms with van der Waals surface area (Å²) in [5.41, 5.74) is 1.31. The van der Waals surface area contributed by atoms with Gasteiger partial charge in [0.25, 0.3) is 0 Å². The van der Waals surface area contributed by atoms with Crippen LogP contribution < -0.4 is 0 Å². The number of H-pyrrole nitrogens is 1. The fourth-order valence-electron chi connectivity index (χ4n) is 1.39. The summed E-state index contributed by atoms with van der Waals surface area (Å²) in [7, 11) is 0. The highest BCUT2D eigenvalue weighted by Crippen LogP contribution is 2.35. The summed E-state index contributed by atoms with van der Waals surface area (Å²) >= 11 is 4.15. The van der Waals surface area contributed by atoms with Gasteiger partial charge in [-0.2, -0.15) is 12.6 Å². The van der Waals surface area contributed by atoms with E-state index >= 15 is 0 Å². The average Bonchev–Trinajstić information content (AvgIpc) is 2.32. The third-order valence-electron chi connectivity index (χ3n) is 2.34. The monoisotopic (exact) mass is 168 g/mol. The number of rotatable bonds is 2. The quantitative estimate of drug-likeness (QED) is 0.650. The minimum atomic E-state index is 0.715. The number of hydrogen-bond donors (Lipinski definition) is 2. The van der Waals surface area contributed by atoms with Crippen molar-refractivity contribution in [3.05, 3.63) is 17.7 Å². The molecule has 0 aliphatic heterocycles. The van der Waals surface area contributed by atoms with Crippen LogP contribution >= 0.6 is 12.6 Å². The lowest BCUT2D eigenvalue weighted by atomic mass is 9.83. The van der Waals surface area contributed by atoms with Crippen LogP contribution in [0, 0.1) is 0 Å². The van der Waals surface area contributed by atoms with Crippen molar-refractivity contribution in [2.75, 3.05) is 0 Å². The Labute approximate surface area is 71.8 Å². The SMILES string of the molecule is SCc1ncc(C2CCC2)[nH]1. The van der Waals surface area contributed by atoms with Crippen LogP contribution in [0.15, 0.2) is 6.20 Å². The molecule has 0 aromatic carbocycles. The van der Waals surface area contributed by atoms with Crippen molar-refractivity contribution in [2.24, 2.45) is 0 Å². The van der Waals surface area contributed by atoms with Crippen molar-refractivity contribution >= 4 is 12.6 Å². The maximum absolute atomic E-state index is 4.21. The van der Waals surface area contributed by atoms with Crippen LogP contribution in [0.5, 0.6) is 0 Å². The lowest BCUT2D eigenvalue weighted by Crippen LogP contribution is -2.08. The third kappa shape index (κ3) is 1.29. The first kappa shape index (κ1) is 7.22. The Kier molecular flexibility index (Phi) is 1.90. The summed E-state index contributed by atoms with van der Waals surface area (Å²) in [5.74, 6) is 2.47. The largest absolute Gasteiger partial charge is 0.345 e. The summed E-state index contributed by atoms with van der Waals surface area (Å²) < 4.78 is 0. The van der Waals surface area contributed by atoms with Gasteiger partial charge in [0, 0.05) is 23.6 Å². The molecule has 0 saturated heterocycles. The van der Waals surface area contributed by atoms with Crippen LogP contribution in [0.1, 0.15) is 36.7 Å². The van der Waals surface area contributed by atoms with Gasteiger partial charge in [0.15, 0.2) is 0 Å². The van der Waals surface area contributed by atoms with Gasteiger partial charge >= 0.3 is 0 Å². The zero-order valence-electron chi connectivity index (χ0n) is 6.38. The molecular weight excluding hydrogens is 156 g/mol. The minimum absolute atomic E-state index is 0.715. The lowest BCUT2D eigenvalue weighted by Gasteiger charge is -2.23. The van der Waals surface area contributed by atoms with E-state index in [0.29, 0.717) is 5.75 Å². The summed E-state index contributed by atoms with van der Waals surface area (Å²) in [5, 5.41) is 0. The topological polar surface area (TPSA) is 28.7 Å². The fraction of sp³-hybridized carbons (Fsp3) is 0.625. The third-order valence-corrected chi connectivity index (χ3v) is 2.64. The van der Waals surface area contributed by atoms with Crippen molar-refractivity contribution in [1.29, 1.82) is 0 Å². The van der Waals surface area contributed by atoms with Gasteiger partial charge in [-0.05, 0) is 12.8 Å². The van der Waals surface area contributed by atoms with E-state index in [4.69, 9.17) is 0 Å². The average molecular weight is 168 g/mol. The van der Waals surface area contributed by atoms with E-state index in [-0.39, 0.29) is 0 Å². The highest BCUT2D eigenvalue weighted by atomic mass is 32.1. The molecule has 0 unspecified atom stereocenters. The molecule has 0 bridgehead atoms. The first-order valence-electron chi connectivity index (χ1n) is 4.05. The van der Waals surface area contributed by atoms with Gasteiger partial charge in [0.1, 0.15) is 5.82 Å². The van der Waals surface area contributed by atoms with E-state index in [1.54, 1.807) is 0 Å². The van der Waals surface area contributed by atoms with Crippen molar-refractivity contribution in [1.82, 2.24) is 9.97 Å². The second-order valence-electron chi connectivity index (χ2n) is 3.07. The van der Waals surface area contributed by atoms with Crippen LogP contribution in [0.2, 0.25) is 0 Å². The number of nitrogens with zero attached hydrogens (tertiary/aromatic N) is 1. The van der Waals surface area contributed by atoms with Crippen LogP contribution in [-0.4, -0.2) is 9.97 Å². The number of aromatic amines is 1. The van der Waals surface area contributed by atoms with E-state index < -0.39 is 0 Å². The molecule has 1 aliphatic carbocycles. The molecule has 3 heteroatoms. The van der Waals surface area contributed by atoms with Gasteiger partial charge in [0.2, 0.25) is 0 Å². The molecule has 1 aromatic heterocycles. The van der Waals surface area contributed by atoms with Crippen molar-refractivity contribution in [3.8, 4) is 0 Å². The molecule has 1 N–H and O–H groups in total. The number of imidazole rings is 1. The summed E-state index contributed by atoms with van der Waals surface area (Å²) in [6.45, 7) is 0. The molecule has 60 valence electrons. The van der Waals surface area contributed by atoms with Crippen LogP contribution in [-0.2, 0) is 5.75 Å². The number of hydrogen-bond acceptors (Lipinski definition) is 2. The number of aromatic nitrogens is 2. The maximum atomic E-state index is 4.21. The molecule has 1 saturated carbocycles. The molecule has 1 aromatic rings. The minimum Gasteiger partial charge on any atom is -0.345 e. The van der Waals surface area contributed by atoms with Crippen LogP contribution in [0.4, 0.5) is 0 Å². The standard InChI is InChI=1S/C8H12N2S/c11-5-8-9-4-7(10-8)6-2-1-3-6/h4,6,11H,1-3,5H2,(H,9,10). The predicted molar refractivity (Wildman–Crippen MR) is 47.9 cm³/mol. The molecule has 0 spiro atoms. The molecule has 2 rings (SSSR count). The molecule has 11 heavy (non-hydrogen) atoms. The second kappa shape index (κ2) is 2.89. The van der Waals surface area contributed by atoms with Gasteiger partial charge < -0.3 is 4.98 Å². The second-order valence-corrected chi connectivity index (χ2v) is 3.39. The van der Waals surface area contributed by atoms with Crippen LogP contribution in [0.25, 0.3) is 0 Å². The highest BCUT2D eigenvalue weighted by molar-refractivity contribution is 7.79. The Morgan fingerprint density at radius 3 is 2.91 bits per heavy atom. The number of thiol groups is 1. The van der Waals surface area contributed by atoms with E-state index in [2.05, 4.69) is 22.6 Å². The molecular formula is C8H12N2S. The molecule has 2 nitrogen and oxygen atoms in total. The molecule has 0 atom stereocenters. The Morgan fingerprint density at radius 2 is 2.45 bits per heavy atom. The van der Waals surface area contributed by atoms with Gasteiger partial charge in [-0.15, -0.1) is 0 Å². The zero-order valence-corrected chi connectivity index (χ0v) is 7.27. The summed E-state index contributed by atoms with van der Waals surface area (Å²) in [6, 6.07) is 0. The summed E-state index contributed by atoms with van der Waals surface area (Å²) in [6.07, 6.45) is 5.98. The zero-order chi connectivity index (χ0) is 7.68. The predicted octanol–water partition coefficient (Wildman–Crippen LogP) is 2.11. The molecule has 1 heterocycles. The molecule has 0 radical (unpaired) electrons. The fourth-order valence-corrected chi connectivity index (χ4v) is 1.55. The van der Waals surface area contributed by atoms with Gasteiger partial charge in [-0.25, -0.2) is 4.98 Å². The van der Waals surface area contributed by atoms with E-state index in [1.807, 2.05) is 6.20 Å². The number of nitrogens with one attached hydrogen (secondary N) is 1. The van der Waals surface area contributed by atoms with Gasteiger partial charge in [-0.3, -0.25) is 0 Å². The Hall–Kier alpha value is -0.440. The Bertz CT molecular complexity index is 240. The molecule has 1 aliphatic rings. The lowest BCUT2D eigenvalue weighted by molar-refractivity contribution is 0.412. The van der Waals surface area contributed by atoms with E-state index in [1.165, 1.54) is 25.0 Å². The van der Waals surface area contributed by atoms with Crippen molar-refractivity contribution in [3.63, 3.8) is 0 Å². The molecule has 1 fully saturated rings. The normalized spacial score (nSPS) is 18.3. The molecule has 0 amide bonds. The highest BCUT2D eigenvalue weighted by Gasteiger charge is 2.20. The van der Waals surface area contributed by atoms with Crippen molar-refractivity contribution < 1.29 is 0 Å². The van der Waals surface area contributed by atoms with Gasteiger partial charge in [-0.1, -0.05) is 6.42 Å². The Morgan fingerprint density at radius 1 is 1.64 bits per heavy atom. The van der Waals surface area contributed by atoms with Gasteiger partial charge in [0.05, 0.1) is 0 Å². The van der Waals surface area contributed by atoms with E-state index in [9.17, 15) is 0 Å². The Balaban J connectivity index is 2.11. The van der Waals surface area contributed by atoms with Crippen LogP contribution in [0.3, 0.4) is 0 Å².